The predicted octanol–water partition coefficient (Wildman–Crippen LogP) is 6.69. The molecule has 0 saturated carbocycles. The third kappa shape index (κ3) is 6.61. The lowest BCUT2D eigenvalue weighted by molar-refractivity contribution is -0.123. The molecule has 0 aromatic heterocycles. The Kier molecular flexibility index (Phi) is 8.93. The minimum absolute atomic E-state index is 0.184. The van der Waals surface area contributed by atoms with Gasteiger partial charge in [0, 0.05) is 0 Å². The van der Waals surface area contributed by atoms with Crippen molar-refractivity contribution in [1.82, 2.24) is 4.90 Å². The molecule has 0 atom stereocenters. The second kappa shape index (κ2) is 12.3. The molecule has 0 unspecified atom stereocenters. The largest absolute Gasteiger partial charge is 0.492 e. The van der Waals surface area contributed by atoms with Crippen molar-refractivity contribution in [3.8, 4) is 17.2 Å². The van der Waals surface area contributed by atoms with Crippen LogP contribution in [-0.2, 0) is 11.4 Å². The minimum Gasteiger partial charge on any atom is -0.492 e. The molecule has 6 nitrogen and oxygen atoms in total. The van der Waals surface area contributed by atoms with Crippen LogP contribution in [0.5, 0.6) is 17.2 Å². The van der Waals surface area contributed by atoms with Gasteiger partial charge in [-0.25, -0.2) is 0 Å². The van der Waals surface area contributed by atoms with Crippen molar-refractivity contribution < 1.29 is 23.8 Å². The summed E-state index contributed by atoms with van der Waals surface area (Å²) in [6.45, 7) is 5.21. The first kappa shape index (κ1) is 26.1. The van der Waals surface area contributed by atoms with Crippen molar-refractivity contribution in [1.29, 1.82) is 0 Å². The number of carbonyl (C=O) groups excluding carboxylic acids is 2. The standard InChI is InChI=1S/C28H26INO5S/c1-3-33-24-16-21(15-23(29)26(24)35-18-20-7-5-4-6-8-20)17-25-27(31)30(28(32)36-25)13-14-34-22-11-9-19(2)10-12-22/h4-12,15-17H,3,13-14,18H2,1-2H3/b25-17-. The molecule has 0 radical (unpaired) electrons. The molecule has 1 heterocycles. The van der Waals surface area contributed by atoms with Gasteiger partial charge in [0.15, 0.2) is 11.5 Å². The second-order valence-corrected chi connectivity index (χ2v) is 10.2. The molecule has 1 saturated heterocycles. The lowest BCUT2D eigenvalue weighted by Crippen LogP contribution is -2.32. The Morgan fingerprint density at radius 3 is 2.44 bits per heavy atom. The SMILES string of the molecule is CCOc1cc(/C=C2\SC(=O)N(CCOc3ccc(C)cc3)C2=O)cc(I)c1OCc1ccccc1. The van der Waals surface area contributed by atoms with Crippen LogP contribution in [-0.4, -0.2) is 35.8 Å². The van der Waals surface area contributed by atoms with E-state index in [1.54, 1.807) is 6.08 Å². The fourth-order valence-corrected chi connectivity index (χ4v) is 5.18. The van der Waals surface area contributed by atoms with Crippen LogP contribution in [0.1, 0.15) is 23.6 Å². The number of ether oxygens (including phenoxy) is 3. The van der Waals surface area contributed by atoms with E-state index in [1.807, 2.05) is 80.6 Å². The van der Waals surface area contributed by atoms with Crippen molar-refractivity contribution in [3.05, 3.63) is 91.9 Å². The Balaban J connectivity index is 1.45. The highest BCUT2D eigenvalue weighted by atomic mass is 127. The maximum absolute atomic E-state index is 12.9. The van der Waals surface area contributed by atoms with Crippen molar-refractivity contribution in [3.63, 3.8) is 0 Å². The fraction of sp³-hybridized carbons (Fsp3) is 0.214. The molecule has 1 aliphatic rings. The fourth-order valence-electron chi connectivity index (χ4n) is 3.54. The maximum atomic E-state index is 12.9. The zero-order valence-electron chi connectivity index (χ0n) is 20.0. The van der Waals surface area contributed by atoms with E-state index in [0.717, 1.165) is 32.0 Å². The highest BCUT2D eigenvalue weighted by Crippen LogP contribution is 2.38. The van der Waals surface area contributed by atoms with Gasteiger partial charge in [-0.1, -0.05) is 48.0 Å². The summed E-state index contributed by atoms with van der Waals surface area (Å²) < 4.78 is 18.5. The Labute approximate surface area is 228 Å². The van der Waals surface area contributed by atoms with Gasteiger partial charge in [-0.15, -0.1) is 0 Å². The summed E-state index contributed by atoms with van der Waals surface area (Å²) in [7, 11) is 0. The smallest absolute Gasteiger partial charge is 0.293 e. The normalized spacial score (nSPS) is 14.4. The van der Waals surface area contributed by atoms with Crippen LogP contribution in [0.3, 0.4) is 0 Å². The first-order valence-electron chi connectivity index (χ1n) is 11.5. The zero-order chi connectivity index (χ0) is 25.5. The van der Waals surface area contributed by atoms with Crippen molar-refractivity contribution in [2.45, 2.75) is 20.5 Å². The zero-order valence-corrected chi connectivity index (χ0v) is 23.0. The van der Waals surface area contributed by atoms with Crippen LogP contribution in [0.25, 0.3) is 6.08 Å². The first-order chi connectivity index (χ1) is 17.4. The molecule has 2 amide bonds. The summed E-state index contributed by atoms with van der Waals surface area (Å²) in [4.78, 5) is 27.0. The lowest BCUT2D eigenvalue weighted by atomic mass is 10.1. The predicted molar refractivity (Wildman–Crippen MR) is 150 cm³/mol. The van der Waals surface area contributed by atoms with E-state index >= 15 is 0 Å². The van der Waals surface area contributed by atoms with Gasteiger partial charge < -0.3 is 14.2 Å². The van der Waals surface area contributed by atoms with Crippen molar-refractivity contribution >= 4 is 51.6 Å². The molecule has 1 aliphatic heterocycles. The summed E-state index contributed by atoms with van der Waals surface area (Å²) in [5.74, 6) is 1.63. The van der Waals surface area contributed by atoms with E-state index in [-0.39, 0.29) is 24.3 Å². The van der Waals surface area contributed by atoms with Crippen LogP contribution in [0.15, 0.2) is 71.6 Å². The number of halogens is 1. The number of hydrogen-bond acceptors (Lipinski definition) is 6. The molecule has 0 aliphatic carbocycles. The van der Waals surface area contributed by atoms with Crippen LogP contribution < -0.4 is 14.2 Å². The highest BCUT2D eigenvalue weighted by molar-refractivity contribution is 14.1. The topological polar surface area (TPSA) is 65.1 Å². The van der Waals surface area contributed by atoms with E-state index in [4.69, 9.17) is 14.2 Å². The van der Waals surface area contributed by atoms with Crippen LogP contribution in [0.4, 0.5) is 4.79 Å². The highest BCUT2D eigenvalue weighted by Gasteiger charge is 2.35. The molecule has 186 valence electrons. The molecule has 3 aromatic carbocycles. The minimum atomic E-state index is -0.324. The molecule has 0 spiro atoms. The molecule has 4 rings (SSSR count). The van der Waals surface area contributed by atoms with E-state index in [0.29, 0.717) is 35.4 Å². The van der Waals surface area contributed by atoms with Gasteiger partial charge in [-0.3, -0.25) is 14.5 Å². The van der Waals surface area contributed by atoms with E-state index in [9.17, 15) is 9.59 Å². The molecule has 0 N–H and O–H groups in total. The molecular formula is C28H26INO5S. The second-order valence-electron chi connectivity index (χ2n) is 8.03. The summed E-state index contributed by atoms with van der Waals surface area (Å²) in [5.41, 5.74) is 2.95. The number of aryl methyl sites for hydroxylation is 1. The summed E-state index contributed by atoms with van der Waals surface area (Å²) in [6, 6.07) is 21.3. The molecule has 0 bridgehead atoms. The van der Waals surface area contributed by atoms with Crippen LogP contribution in [0, 0.1) is 10.5 Å². The van der Waals surface area contributed by atoms with E-state index in [1.165, 1.54) is 4.90 Å². The molecular weight excluding hydrogens is 589 g/mol. The third-order valence-corrected chi connectivity index (χ3v) is 7.04. The Morgan fingerprint density at radius 1 is 0.972 bits per heavy atom. The molecule has 8 heteroatoms. The number of rotatable bonds is 10. The molecule has 1 fully saturated rings. The van der Waals surface area contributed by atoms with Gasteiger partial charge in [-0.2, -0.15) is 0 Å². The first-order valence-corrected chi connectivity index (χ1v) is 13.4. The third-order valence-electron chi connectivity index (χ3n) is 5.33. The number of nitrogens with zero attached hydrogens (tertiary/aromatic N) is 1. The monoisotopic (exact) mass is 615 g/mol. The average molecular weight is 615 g/mol. The Bertz CT molecular complexity index is 1260. The van der Waals surface area contributed by atoms with Gasteiger partial charge in [0.05, 0.1) is 21.6 Å². The Morgan fingerprint density at radius 2 is 1.72 bits per heavy atom. The summed E-state index contributed by atoms with van der Waals surface area (Å²) in [6.07, 6.45) is 1.72. The van der Waals surface area contributed by atoms with Gasteiger partial charge in [0.1, 0.15) is 19.0 Å². The number of carbonyl (C=O) groups is 2. The van der Waals surface area contributed by atoms with E-state index < -0.39 is 0 Å². The Hall–Kier alpha value is -2.98. The van der Waals surface area contributed by atoms with Crippen molar-refractivity contribution in [2.75, 3.05) is 19.8 Å². The van der Waals surface area contributed by atoms with Gasteiger partial charge in [0.25, 0.3) is 11.1 Å². The quantitative estimate of drug-likeness (QED) is 0.187. The number of thioether (sulfide) groups is 1. The lowest BCUT2D eigenvalue weighted by Gasteiger charge is -2.15. The van der Waals surface area contributed by atoms with Crippen LogP contribution in [0.2, 0.25) is 0 Å². The number of imide groups is 1. The summed E-state index contributed by atoms with van der Waals surface area (Å²) >= 11 is 3.13. The van der Waals surface area contributed by atoms with Crippen molar-refractivity contribution in [2.24, 2.45) is 0 Å². The maximum Gasteiger partial charge on any atom is 0.293 e. The molecule has 36 heavy (non-hydrogen) atoms. The van der Waals surface area contributed by atoms with Gasteiger partial charge in [0.2, 0.25) is 0 Å². The van der Waals surface area contributed by atoms with Crippen LogP contribution >= 0.6 is 34.4 Å². The molecule has 3 aromatic rings. The average Bonchev–Trinajstić information content (AvgIpc) is 3.13. The van der Waals surface area contributed by atoms with Gasteiger partial charge >= 0.3 is 0 Å². The number of amides is 2. The number of hydrogen-bond donors (Lipinski definition) is 0. The summed E-state index contributed by atoms with van der Waals surface area (Å²) in [5, 5.41) is -0.304. The van der Waals surface area contributed by atoms with Gasteiger partial charge in [-0.05, 0) is 89.7 Å². The number of benzene rings is 3. The van der Waals surface area contributed by atoms with E-state index in [2.05, 4.69) is 22.6 Å².